The molecule has 0 saturated heterocycles. The summed E-state index contributed by atoms with van der Waals surface area (Å²) in [5, 5.41) is 0. The third-order valence-electron chi connectivity index (χ3n) is 2.80. The van der Waals surface area contributed by atoms with E-state index < -0.39 is 0 Å². The molecule has 0 aliphatic heterocycles. The second-order valence-electron chi connectivity index (χ2n) is 4.92. The van der Waals surface area contributed by atoms with Crippen LogP contribution in [-0.4, -0.2) is 17.5 Å². The second kappa shape index (κ2) is 7.34. The Hall–Kier alpha value is 0.0500. The highest BCUT2D eigenvalue weighted by Crippen LogP contribution is 2.21. The molecule has 0 bridgehead atoms. The minimum Gasteiger partial charge on any atom is -0.324 e. The van der Waals surface area contributed by atoms with Gasteiger partial charge in [0.15, 0.2) is 0 Å². The molecule has 1 aliphatic rings. The van der Waals surface area contributed by atoms with Crippen molar-refractivity contribution in [3.05, 3.63) is 11.6 Å². The fraction of sp³-hybridized carbons (Fsp3) is 0.846. The van der Waals surface area contributed by atoms with Crippen molar-refractivity contribution < 1.29 is 0 Å². The van der Waals surface area contributed by atoms with Gasteiger partial charge in [-0.1, -0.05) is 31.9 Å². The Morgan fingerprint density at radius 1 is 1.27 bits per heavy atom. The van der Waals surface area contributed by atoms with Crippen molar-refractivity contribution in [1.82, 2.24) is 0 Å². The summed E-state index contributed by atoms with van der Waals surface area (Å²) < 4.78 is 0. The molecule has 1 rings (SSSR count). The fourth-order valence-electron chi connectivity index (χ4n) is 1.91. The predicted molar refractivity (Wildman–Crippen MR) is 71.3 cm³/mol. The van der Waals surface area contributed by atoms with Crippen LogP contribution in [0.25, 0.3) is 0 Å². The van der Waals surface area contributed by atoms with Gasteiger partial charge in [-0.2, -0.15) is 11.8 Å². The van der Waals surface area contributed by atoms with Gasteiger partial charge in [0.1, 0.15) is 0 Å². The van der Waals surface area contributed by atoms with E-state index in [9.17, 15) is 0 Å². The van der Waals surface area contributed by atoms with Gasteiger partial charge in [-0.25, -0.2) is 0 Å². The molecule has 0 radical (unpaired) electrons. The lowest BCUT2D eigenvalue weighted by Gasteiger charge is -2.15. The van der Waals surface area contributed by atoms with E-state index in [1.165, 1.54) is 43.4 Å². The first-order valence-electron chi connectivity index (χ1n) is 6.22. The van der Waals surface area contributed by atoms with Crippen LogP contribution in [0, 0.1) is 5.92 Å². The number of hydrogen-bond donors (Lipinski definition) is 1. The molecule has 0 heterocycles. The minimum absolute atomic E-state index is 0.312. The zero-order chi connectivity index (χ0) is 11.1. The van der Waals surface area contributed by atoms with Gasteiger partial charge in [0.05, 0.1) is 0 Å². The summed E-state index contributed by atoms with van der Waals surface area (Å²) in [6.07, 6.45) is 8.96. The Labute approximate surface area is 98.9 Å². The Bertz CT molecular complexity index is 199. The maximum Gasteiger partial charge on any atom is 0.0345 e. The smallest absolute Gasteiger partial charge is 0.0345 e. The summed E-state index contributed by atoms with van der Waals surface area (Å²) in [6.45, 7) is 4.53. The lowest BCUT2D eigenvalue weighted by Crippen LogP contribution is -2.25. The average Bonchev–Trinajstić information content (AvgIpc) is 2.44. The molecule has 0 saturated carbocycles. The maximum absolute atomic E-state index is 6.21. The molecule has 0 fully saturated rings. The monoisotopic (exact) mass is 227 g/mol. The van der Waals surface area contributed by atoms with Gasteiger partial charge in [-0.15, -0.1) is 0 Å². The Balaban J connectivity index is 2.25. The highest BCUT2D eigenvalue weighted by Gasteiger charge is 2.11. The van der Waals surface area contributed by atoms with Crippen LogP contribution in [-0.2, 0) is 0 Å². The zero-order valence-electron chi connectivity index (χ0n) is 10.2. The quantitative estimate of drug-likeness (QED) is 0.726. The average molecular weight is 227 g/mol. The van der Waals surface area contributed by atoms with Crippen molar-refractivity contribution >= 4 is 11.8 Å². The number of thioether (sulfide) groups is 1. The van der Waals surface area contributed by atoms with E-state index in [1.807, 2.05) is 11.8 Å². The molecule has 0 aromatic carbocycles. The highest BCUT2D eigenvalue weighted by atomic mass is 32.2. The van der Waals surface area contributed by atoms with Crippen LogP contribution in [0.1, 0.15) is 46.0 Å². The molecule has 0 aromatic heterocycles. The molecule has 1 aliphatic carbocycles. The lowest BCUT2D eigenvalue weighted by molar-refractivity contribution is 0.692. The summed E-state index contributed by atoms with van der Waals surface area (Å²) in [5.41, 5.74) is 7.73. The number of hydrogen-bond acceptors (Lipinski definition) is 2. The van der Waals surface area contributed by atoms with E-state index in [1.54, 1.807) is 0 Å². The molecule has 1 unspecified atom stereocenters. The van der Waals surface area contributed by atoms with Crippen molar-refractivity contribution in [2.45, 2.75) is 52.0 Å². The van der Waals surface area contributed by atoms with E-state index in [0.717, 1.165) is 11.7 Å². The molecule has 1 atom stereocenters. The first-order chi connectivity index (χ1) is 7.20. The first-order valence-corrected chi connectivity index (χ1v) is 7.38. The Morgan fingerprint density at radius 3 is 2.80 bits per heavy atom. The van der Waals surface area contributed by atoms with Crippen molar-refractivity contribution in [2.75, 3.05) is 11.5 Å². The third-order valence-corrected chi connectivity index (χ3v) is 4.30. The minimum atomic E-state index is 0.312. The predicted octanol–water partition coefficient (Wildman–Crippen LogP) is 3.59. The van der Waals surface area contributed by atoms with Crippen LogP contribution in [0.4, 0.5) is 0 Å². The first kappa shape index (κ1) is 13.1. The summed E-state index contributed by atoms with van der Waals surface area (Å²) in [5.74, 6) is 3.12. The number of nitrogens with two attached hydrogens (primary N) is 1. The maximum atomic E-state index is 6.21. The third kappa shape index (κ3) is 5.62. The van der Waals surface area contributed by atoms with E-state index in [2.05, 4.69) is 19.9 Å². The van der Waals surface area contributed by atoms with E-state index in [4.69, 9.17) is 5.73 Å². The second-order valence-corrected chi connectivity index (χ2v) is 5.99. The molecule has 15 heavy (non-hydrogen) atoms. The van der Waals surface area contributed by atoms with Crippen molar-refractivity contribution in [2.24, 2.45) is 11.7 Å². The molecular formula is C13H25NS. The van der Waals surface area contributed by atoms with Crippen molar-refractivity contribution in [1.29, 1.82) is 0 Å². The van der Waals surface area contributed by atoms with Gasteiger partial charge in [-0.05, 0) is 37.4 Å². The van der Waals surface area contributed by atoms with Crippen LogP contribution in [0.2, 0.25) is 0 Å². The molecule has 0 amide bonds. The van der Waals surface area contributed by atoms with Crippen molar-refractivity contribution in [3.8, 4) is 0 Å². The Morgan fingerprint density at radius 2 is 2.07 bits per heavy atom. The van der Waals surface area contributed by atoms with Crippen molar-refractivity contribution in [3.63, 3.8) is 0 Å². The van der Waals surface area contributed by atoms with Gasteiger partial charge >= 0.3 is 0 Å². The molecule has 2 N–H and O–H groups in total. The standard InChI is InChI=1S/C13H25NS/c1-11(2)9-15-10-13(14)12-7-5-3-4-6-8-12/h7,11,13H,3-6,8-10,14H2,1-2H3. The van der Waals surface area contributed by atoms with Crippen LogP contribution >= 0.6 is 11.8 Å². The SMILES string of the molecule is CC(C)CSCC(N)C1=CCCCCC1. The van der Waals surface area contributed by atoms with Crippen LogP contribution in [0.15, 0.2) is 11.6 Å². The molecular weight excluding hydrogens is 202 g/mol. The Kier molecular flexibility index (Phi) is 6.42. The molecule has 2 heteroatoms. The van der Waals surface area contributed by atoms with Crippen LogP contribution in [0.3, 0.4) is 0 Å². The largest absolute Gasteiger partial charge is 0.324 e. The number of rotatable bonds is 5. The van der Waals surface area contributed by atoms with Crippen LogP contribution in [0.5, 0.6) is 0 Å². The van der Waals surface area contributed by atoms with E-state index in [-0.39, 0.29) is 0 Å². The van der Waals surface area contributed by atoms with E-state index >= 15 is 0 Å². The molecule has 1 nitrogen and oxygen atoms in total. The fourth-order valence-corrected chi connectivity index (χ4v) is 2.99. The van der Waals surface area contributed by atoms with Gasteiger partial charge in [0.25, 0.3) is 0 Å². The number of allylic oxidation sites excluding steroid dienone is 1. The summed E-state index contributed by atoms with van der Waals surface area (Å²) in [7, 11) is 0. The van der Waals surface area contributed by atoms with Crippen LogP contribution < -0.4 is 5.73 Å². The lowest BCUT2D eigenvalue weighted by atomic mass is 10.0. The molecule has 88 valence electrons. The summed E-state index contributed by atoms with van der Waals surface area (Å²) in [4.78, 5) is 0. The molecule has 0 aromatic rings. The van der Waals surface area contributed by atoms with Gasteiger partial charge in [0, 0.05) is 11.8 Å². The normalized spacial score (nSPS) is 19.9. The van der Waals surface area contributed by atoms with E-state index in [0.29, 0.717) is 6.04 Å². The summed E-state index contributed by atoms with van der Waals surface area (Å²) in [6, 6.07) is 0.312. The zero-order valence-corrected chi connectivity index (χ0v) is 11.0. The van der Waals surface area contributed by atoms with Gasteiger partial charge in [0.2, 0.25) is 0 Å². The molecule has 0 spiro atoms. The van der Waals surface area contributed by atoms with Gasteiger partial charge < -0.3 is 5.73 Å². The topological polar surface area (TPSA) is 26.0 Å². The highest BCUT2D eigenvalue weighted by molar-refractivity contribution is 7.99. The summed E-state index contributed by atoms with van der Waals surface area (Å²) >= 11 is 2.00. The van der Waals surface area contributed by atoms with Gasteiger partial charge in [-0.3, -0.25) is 0 Å².